The Morgan fingerprint density at radius 2 is 1.94 bits per heavy atom. The summed E-state index contributed by atoms with van der Waals surface area (Å²) in [7, 11) is -5.65. The van der Waals surface area contributed by atoms with Crippen molar-refractivity contribution in [3.05, 3.63) is 47.5 Å². The molecule has 1 aliphatic heterocycles. The molecule has 0 spiro atoms. The van der Waals surface area contributed by atoms with Crippen LogP contribution in [0.3, 0.4) is 0 Å². The molecular formula is C20H21F5N4O2S. The van der Waals surface area contributed by atoms with Crippen LogP contribution in [0.15, 0.2) is 30.7 Å². The smallest absolute Gasteiger partial charge is 0.361 e. The van der Waals surface area contributed by atoms with Crippen LogP contribution in [-0.4, -0.2) is 40.8 Å². The summed E-state index contributed by atoms with van der Waals surface area (Å²) in [6, 6.07) is 3.31. The Kier molecular flexibility index (Phi) is 4.83. The van der Waals surface area contributed by atoms with Gasteiger partial charge in [-0.25, -0.2) is 22.2 Å². The fourth-order valence-corrected chi connectivity index (χ4v) is 6.36. The molecule has 0 saturated heterocycles. The first-order chi connectivity index (χ1) is 15.0. The number of rotatable bonds is 5. The Morgan fingerprint density at radius 3 is 2.47 bits per heavy atom. The van der Waals surface area contributed by atoms with E-state index in [0.717, 1.165) is 25.3 Å². The largest absolute Gasteiger partial charge is 0.511 e. The van der Waals surface area contributed by atoms with Gasteiger partial charge < -0.3 is 9.88 Å². The van der Waals surface area contributed by atoms with Crippen LogP contribution in [0.4, 0.5) is 27.6 Å². The van der Waals surface area contributed by atoms with Crippen LogP contribution in [-0.2, 0) is 23.1 Å². The van der Waals surface area contributed by atoms with E-state index in [1.807, 2.05) is 4.90 Å². The van der Waals surface area contributed by atoms with Crippen LogP contribution >= 0.6 is 0 Å². The van der Waals surface area contributed by atoms with E-state index in [9.17, 15) is 30.4 Å². The first-order valence-electron chi connectivity index (χ1n) is 10.2. The van der Waals surface area contributed by atoms with Gasteiger partial charge in [0.25, 0.3) is 6.43 Å². The van der Waals surface area contributed by atoms with E-state index in [-0.39, 0.29) is 29.6 Å². The van der Waals surface area contributed by atoms with E-state index in [0.29, 0.717) is 21.6 Å². The standard InChI is InChI=1S/C20H21F5N4O2S/c21-18(22)13-1-2-16-14(3-13)8-28(32(30,31)20(23,24)25)10-17(19-4-12(5-19)6-19)29(16)9-15-7-26-11-27-15/h1-3,7,11-12,17-18H,4-6,8-10H2,(H,26,27). The highest BCUT2D eigenvalue weighted by Gasteiger charge is 2.63. The minimum Gasteiger partial charge on any atom is -0.361 e. The molecule has 1 aromatic carbocycles. The molecule has 32 heavy (non-hydrogen) atoms. The molecular weight excluding hydrogens is 455 g/mol. The van der Waals surface area contributed by atoms with Crippen molar-refractivity contribution in [2.24, 2.45) is 11.3 Å². The van der Waals surface area contributed by atoms with Gasteiger partial charge in [-0.3, -0.25) is 0 Å². The van der Waals surface area contributed by atoms with Gasteiger partial charge in [0, 0.05) is 36.6 Å². The third-order valence-electron chi connectivity index (χ3n) is 7.08. The summed E-state index contributed by atoms with van der Waals surface area (Å²) in [6.07, 6.45) is 2.70. The zero-order valence-corrected chi connectivity index (χ0v) is 17.6. The third-order valence-corrected chi connectivity index (χ3v) is 8.63. The van der Waals surface area contributed by atoms with Gasteiger partial charge in [-0.2, -0.15) is 17.5 Å². The van der Waals surface area contributed by atoms with Gasteiger partial charge in [-0.15, -0.1) is 0 Å². The molecule has 0 radical (unpaired) electrons. The molecule has 0 amide bonds. The molecule has 1 unspecified atom stereocenters. The van der Waals surface area contributed by atoms with Crippen molar-refractivity contribution in [2.45, 2.75) is 50.3 Å². The molecule has 174 valence electrons. The number of halogens is 5. The number of sulfonamides is 1. The Morgan fingerprint density at radius 1 is 1.22 bits per heavy atom. The molecule has 3 aliphatic carbocycles. The van der Waals surface area contributed by atoms with Crippen LogP contribution in [0.2, 0.25) is 0 Å². The van der Waals surface area contributed by atoms with E-state index in [1.165, 1.54) is 18.5 Å². The van der Waals surface area contributed by atoms with E-state index in [2.05, 4.69) is 9.97 Å². The number of hydrogen-bond acceptors (Lipinski definition) is 4. The summed E-state index contributed by atoms with van der Waals surface area (Å²) in [5, 5.41) is 0. The Bertz CT molecular complexity index is 1100. The number of nitrogens with one attached hydrogen (secondary N) is 1. The van der Waals surface area contributed by atoms with Crippen molar-refractivity contribution in [3.63, 3.8) is 0 Å². The monoisotopic (exact) mass is 476 g/mol. The highest BCUT2D eigenvalue weighted by molar-refractivity contribution is 7.89. The lowest BCUT2D eigenvalue weighted by molar-refractivity contribution is -0.129. The number of imidazole rings is 1. The number of aromatic amines is 1. The molecule has 3 fully saturated rings. The fourth-order valence-electron chi connectivity index (χ4n) is 5.42. The summed E-state index contributed by atoms with van der Waals surface area (Å²) in [4.78, 5) is 8.83. The number of H-pyrrole nitrogens is 1. The SMILES string of the molecule is O=S(=O)(N1Cc2cc(C(F)F)ccc2N(Cc2cnc[nH]2)C(C23CC(C2)C3)C1)C(F)(F)F. The maximum Gasteiger partial charge on any atom is 0.511 e. The molecule has 3 saturated carbocycles. The van der Waals surface area contributed by atoms with Crippen LogP contribution < -0.4 is 4.90 Å². The van der Waals surface area contributed by atoms with Gasteiger partial charge in [0.1, 0.15) is 0 Å². The lowest BCUT2D eigenvalue weighted by atomic mass is 9.41. The molecule has 2 bridgehead atoms. The quantitative estimate of drug-likeness (QED) is 0.658. The lowest BCUT2D eigenvalue weighted by Crippen LogP contribution is -2.66. The third kappa shape index (κ3) is 3.30. The van der Waals surface area contributed by atoms with Crippen molar-refractivity contribution in [1.82, 2.24) is 14.3 Å². The van der Waals surface area contributed by atoms with Crippen LogP contribution in [0, 0.1) is 11.3 Å². The summed E-state index contributed by atoms with van der Waals surface area (Å²) >= 11 is 0. The molecule has 1 atom stereocenters. The van der Waals surface area contributed by atoms with Crippen molar-refractivity contribution >= 4 is 15.7 Å². The van der Waals surface area contributed by atoms with Crippen LogP contribution in [0.25, 0.3) is 0 Å². The van der Waals surface area contributed by atoms with Gasteiger partial charge in [0.15, 0.2) is 0 Å². The number of aromatic nitrogens is 2. The molecule has 2 aromatic rings. The Hall–Kier alpha value is -2.21. The van der Waals surface area contributed by atoms with E-state index >= 15 is 0 Å². The van der Waals surface area contributed by atoms with Gasteiger partial charge >= 0.3 is 15.5 Å². The molecule has 12 heteroatoms. The van der Waals surface area contributed by atoms with Crippen molar-refractivity contribution in [2.75, 3.05) is 11.4 Å². The van der Waals surface area contributed by atoms with Gasteiger partial charge in [-0.05, 0) is 48.3 Å². The van der Waals surface area contributed by atoms with Crippen molar-refractivity contribution in [3.8, 4) is 0 Å². The number of fused-ring (bicyclic) bond motifs is 1. The summed E-state index contributed by atoms with van der Waals surface area (Å²) < 4.78 is 92.4. The van der Waals surface area contributed by atoms with Gasteiger partial charge in [0.2, 0.25) is 0 Å². The van der Waals surface area contributed by atoms with E-state index in [1.54, 1.807) is 6.20 Å². The summed E-state index contributed by atoms with van der Waals surface area (Å²) in [6.45, 7) is -0.730. The lowest BCUT2D eigenvalue weighted by Gasteiger charge is -2.67. The fraction of sp³-hybridized carbons (Fsp3) is 0.550. The highest BCUT2D eigenvalue weighted by Crippen LogP contribution is 2.67. The number of nitrogens with zero attached hydrogens (tertiary/aromatic N) is 3. The summed E-state index contributed by atoms with van der Waals surface area (Å²) in [5.74, 6) is 0.514. The number of hydrogen-bond donors (Lipinski definition) is 1. The minimum atomic E-state index is -5.65. The number of anilines is 1. The number of alkyl halides is 5. The maximum atomic E-state index is 13.5. The van der Waals surface area contributed by atoms with E-state index in [4.69, 9.17) is 0 Å². The first-order valence-corrected chi connectivity index (χ1v) is 11.7. The van der Waals surface area contributed by atoms with E-state index < -0.39 is 34.5 Å². The topological polar surface area (TPSA) is 69.3 Å². The van der Waals surface area contributed by atoms with Crippen LogP contribution in [0.1, 0.15) is 42.5 Å². The van der Waals surface area contributed by atoms with Crippen LogP contribution in [0.5, 0.6) is 0 Å². The average Bonchev–Trinajstić information content (AvgIpc) is 3.09. The predicted molar refractivity (Wildman–Crippen MR) is 105 cm³/mol. The normalized spacial score (nSPS) is 28.1. The molecule has 1 N–H and O–H groups in total. The van der Waals surface area contributed by atoms with Gasteiger partial charge in [-0.1, -0.05) is 6.07 Å². The first kappa shape index (κ1) is 21.6. The van der Waals surface area contributed by atoms with Crippen molar-refractivity contribution in [1.29, 1.82) is 0 Å². The highest BCUT2D eigenvalue weighted by atomic mass is 32.2. The Labute approximate surface area is 181 Å². The second-order valence-corrected chi connectivity index (χ2v) is 10.9. The molecule has 2 heterocycles. The molecule has 4 aliphatic rings. The zero-order valence-electron chi connectivity index (χ0n) is 16.8. The molecule has 1 aromatic heterocycles. The second kappa shape index (κ2) is 7.14. The molecule has 6 rings (SSSR count). The van der Waals surface area contributed by atoms with Gasteiger partial charge in [0.05, 0.1) is 18.6 Å². The maximum absolute atomic E-state index is 13.5. The Balaban J connectivity index is 1.64. The summed E-state index contributed by atoms with van der Waals surface area (Å²) in [5.41, 5.74) is -4.83. The average molecular weight is 476 g/mol. The number of benzene rings is 1. The molecule has 6 nitrogen and oxygen atoms in total. The second-order valence-electron chi connectivity index (χ2n) is 8.99. The minimum absolute atomic E-state index is 0.129. The predicted octanol–water partition coefficient (Wildman–Crippen LogP) is 4.19. The zero-order chi connectivity index (χ0) is 22.9. The van der Waals surface area contributed by atoms with Crippen molar-refractivity contribution < 1.29 is 30.4 Å².